The monoisotopic (exact) mass is 185 g/mol. The van der Waals surface area contributed by atoms with Crippen LogP contribution in [-0.2, 0) is 5.41 Å². The first-order valence-electron chi connectivity index (χ1n) is 4.13. The van der Waals surface area contributed by atoms with E-state index < -0.39 is 17.0 Å². The van der Waals surface area contributed by atoms with Crippen molar-refractivity contribution in [2.45, 2.75) is 19.3 Å². The maximum atomic E-state index is 13.2. The average molecular weight is 185 g/mol. The molecule has 3 heteroatoms. The Morgan fingerprint density at radius 1 is 1.23 bits per heavy atom. The van der Waals surface area contributed by atoms with Crippen molar-refractivity contribution in [3.8, 4) is 0 Å². The molecule has 0 amide bonds. The highest BCUT2D eigenvalue weighted by Crippen LogP contribution is 2.26. The molecule has 2 N–H and O–H groups in total. The van der Waals surface area contributed by atoms with Gasteiger partial charge < -0.3 is 5.73 Å². The molecule has 0 aliphatic rings. The van der Waals surface area contributed by atoms with E-state index >= 15 is 0 Å². The van der Waals surface area contributed by atoms with Gasteiger partial charge in [-0.05, 0) is 12.1 Å². The molecule has 0 radical (unpaired) electrons. The third kappa shape index (κ3) is 1.86. The second-order valence-electron chi connectivity index (χ2n) is 3.68. The number of rotatable bonds is 2. The van der Waals surface area contributed by atoms with Crippen LogP contribution in [0.25, 0.3) is 0 Å². The van der Waals surface area contributed by atoms with Gasteiger partial charge in [0.25, 0.3) is 0 Å². The van der Waals surface area contributed by atoms with Gasteiger partial charge in [-0.1, -0.05) is 19.9 Å². The Hall–Kier alpha value is -0.960. The molecule has 0 aliphatic heterocycles. The first kappa shape index (κ1) is 10.1. The van der Waals surface area contributed by atoms with E-state index in [1.54, 1.807) is 13.8 Å². The Balaban J connectivity index is 3.28. The summed E-state index contributed by atoms with van der Waals surface area (Å²) in [7, 11) is 0. The van der Waals surface area contributed by atoms with Crippen molar-refractivity contribution < 1.29 is 8.78 Å². The molecule has 1 aromatic rings. The van der Waals surface area contributed by atoms with Crippen LogP contribution in [0.3, 0.4) is 0 Å². The summed E-state index contributed by atoms with van der Waals surface area (Å²) in [6, 6.07) is 3.84. The zero-order valence-electron chi connectivity index (χ0n) is 7.77. The van der Waals surface area contributed by atoms with Crippen molar-refractivity contribution in [2.75, 3.05) is 6.54 Å². The molecule has 13 heavy (non-hydrogen) atoms. The van der Waals surface area contributed by atoms with Crippen LogP contribution in [-0.4, -0.2) is 6.54 Å². The molecule has 72 valence electrons. The number of nitrogens with two attached hydrogens (primary N) is 1. The minimum Gasteiger partial charge on any atom is -0.330 e. The Bertz CT molecular complexity index is 288. The van der Waals surface area contributed by atoms with Gasteiger partial charge in [-0.15, -0.1) is 0 Å². The quantitative estimate of drug-likeness (QED) is 0.751. The normalized spacial score (nSPS) is 11.8. The number of hydrogen-bond acceptors (Lipinski definition) is 1. The Kier molecular flexibility index (Phi) is 2.66. The summed E-state index contributed by atoms with van der Waals surface area (Å²) >= 11 is 0. The van der Waals surface area contributed by atoms with E-state index in [-0.39, 0.29) is 12.1 Å². The van der Waals surface area contributed by atoms with Crippen LogP contribution in [0.15, 0.2) is 18.2 Å². The van der Waals surface area contributed by atoms with Crippen molar-refractivity contribution in [2.24, 2.45) is 5.73 Å². The second-order valence-corrected chi connectivity index (χ2v) is 3.68. The topological polar surface area (TPSA) is 26.0 Å². The van der Waals surface area contributed by atoms with Gasteiger partial charge in [0.2, 0.25) is 0 Å². The van der Waals surface area contributed by atoms with Gasteiger partial charge in [0.1, 0.15) is 11.6 Å². The fourth-order valence-corrected chi connectivity index (χ4v) is 1.25. The first-order chi connectivity index (χ1) is 5.99. The van der Waals surface area contributed by atoms with Crippen LogP contribution in [0.5, 0.6) is 0 Å². The van der Waals surface area contributed by atoms with Crippen molar-refractivity contribution in [3.05, 3.63) is 35.4 Å². The molecule has 0 fully saturated rings. The zero-order chi connectivity index (χ0) is 10.1. The van der Waals surface area contributed by atoms with Gasteiger partial charge in [-0.2, -0.15) is 0 Å². The molecule has 0 aliphatic carbocycles. The molecule has 1 rings (SSSR count). The molecule has 0 heterocycles. The van der Waals surface area contributed by atoms with Crippen LogP contribution >= 0.6 is 0 Å². The average Bonchev–Trinajstić information content (AvgIpc) is 2.03. The summed E-state index contributed by atoms with van der Waals surface area (Å²) < 4.78 is 26.5. The minimum atomic E-state index is -0.657. The van der Waals surface area contributed by atoms with Crippen LogP contribution in [0.4, 0.5) is 8.78 Å². The maximum Gasteiger partial charge on any atom is 0.129 e. The molecule has 0 bridgehead atoms. The van der Waals surface area contributed by atoms with Crippen molar-refractivity contribution in [1.29, 1.82) is 0 Å². The standard InChI is InChI=1S/C10H13F2N/c1-10(2,6-13)9-7(11)4-3-5-8(9)12/h3-5H,6,13H2,1-2H3. The van der Waals surface area contributed by atoms with Crippen LogP contribution < -0.4 is 5.73 Å². The fraction of sp³-hybridized carbons (Fsp3) is 0.400. The van der Waals surface area contributed by atoms with Gasteiger partial charge in [0.15, 0.2) is 0 Å². The Morgan fingerprint density at radius 3 is 2.08 bits per heavy atom. The lowest BCUT2D eigenvalue weighted by atomic mass is 9.84. The third-order valence-corrected chi connectivity index (χ3v) is 2.15. The van der Waals surface area contributed by atoms with Crippen molar-refractivity contribution >= 4 is 0 Å². The Labute approximate surface area is 76.6 Å². The van der Waals surface area contributed by atoms with E-state index in [1.807, 2.05) is 0 Å². The van der Waals surface area contributed by atoms with Gasteiger partial charge >= 0.3 is 0 Å². The predicted octanol–water partition coefficient (Wildman–Crippen LogP) is 2.20. The van der Waals surface area contributed by atoms with E-state index in [0.29, 0.717) is 0 Å². The predicted molar refractivity (Wildman–Crippen MR) is 48.4 cm³/mol. The van der Waals surface area contributed by atoms with Gasteiger partial charge in [0, 0.05) is 17.5 Å². The molecule has 1 aromatic carbocycles. The highest BCUT2D eigenvalue weighted by Gasteiger charge is 2.25. The molecular formula is C10H13F2N. The summed E-state index contributed by atoms with van der Waals surface area (Å²) in [5.41, 5.74) is 4.85. The SMILES string of the molecule is CC(C)(CN)c1c(F)cccc1F. The highest BCUT2D eigenvalue weighted by atomic mass is 19.1. The lowest BCUT2D eigenvalue weighted by Crippen LogP contribution is -2.30. The van der Waals surface area contributed by atoms with Crippen molar-refractivity contribution in [3.63, 3.8) is 0 Å². The molecule has 0 atom stereocenters. The molecule has 0 spiro atoms. The smallest absolute Gasteiger partial charge is 0.129 e. The van der Waals surface area contributed by atoms with Crippen molar-refractivity contribution in [1.82, 2.24) is 0 Å². The third-order valence-electron chi connectivity index (χ3n) is 2.15. The number of benzene rings is 1. The lowest BCUT2D eigenvalue weighted by Gasteiger charge is -2.23. The van der Waals surface area contributed by atoms with Gasteiger partial charge in [0.05, 0.1) is 0 Å². The molecule has 0 saturated heterocycles. The number of hydrogen-bond donors (Lipinski definition) is 1. The lowest BCUT2D eigenvalue weighted by molar-refractivity contribution is 0.454. The molecule has 0 unspecified atom stereocenters. The Morgan fingerprint density at radius 2 is 1.69 bits per heavy atom. The summed E-state index contributed by atoms with van der Waals surface area (Å²) in [4.78, 5) is 0. The zero-order valence-corrected chi connectivity index (χ0v) is 7.77. The fourth-order valence-electron chi connectivity index (χ4n) is 1.25. The van der Waals surface area contributed by atoms with E-state index in [2.05, 4.69) is 0 Å². The molecule has 0 saturated carbocycles. The van der Waals surface area contributed by atoms with E-state index in [4.69, 9.17) is 5.73 Å². The van der Waals surface area contributed by atoms with Crippen LogP contribution in [0.2, 0.25) is 0 Å². The summed E-state index contributed by atoms with van der Waals surface area (Å²) in [6.07, 6.45) is 0. The van der Waals surface area contributed by atoms with E-state index in [1.165, 1.54) is 18.2 Å². The van der Waals surface area contributed by atoms with Gasteiger partial charge in [-0.3, -0.25) is 0 Å². The van der Waals surface area contributed by atoms with E-state index in [0.717, 1.165) is 0 Å². The molecule has 0 aromatic heterocycles. The summed E-state index contributed by atoms with van der Waals surface area (Å²) in [5.74, 6) is -1.06. The minimum absolute atomic E-state index is 0.0671. The van der Waals surface area contributed by atoms with Crippen LogP contribution in [0.1, 0.15) is 19.4 Å². The largest absolute Gasteiger partial charge is 0.330 e. The van der Waals surface area contributed by atoms with Crippen LogP contribution in [0, 0.1) is 11.6 Å². The molecular weight excluding hydrogens is 172 g/mol. The van der Waals surface area contributed by atoms with E-state index in [9.17, 15) is 8.78 Å². The summed E-state index contributed by atoms with van der Waals surface area (Å²) in [5, 5.41) is 0. The molecule has 1 nitrogen and oxygen atoms in total. The maximum absolute atomic E-state index is 13.2. The second kappa shape index (κ2) is 3.42. The number of halogens is 2. The summed E-state index contributed by atoms with van der Waals surface area (Å²) in [6.45, 7) is 3.65. The highest BCUT2D eigenvalue weighted by molar-refractivity contribution is 5.27. The first-order valence-corrected chi connectivity index (χ1v) is 4.13. The van der Waals surface area contributed by atoms with Gasteiger partial charge in [-0.25, -0.2) is 8.78 Å².